The third-order valence-corrected chi connectivity index (χ3v) is 5.46. The Morgan fingerprint density at radius 1 is 1.15 bits per heavy atom. The largest absolute Gasteiger partial charge is 0.326 e. The number of carbonyl (C=O) groups excluding carboxylic acids is 2. The van der Waals surface area contributed by atoms with Crippen molar-refractivity contribution in [2.75, 3.05) is 5.32 Å². The van der Waals surface area contributed by atoms with E-state index < -0.39 is 5.25 Å². The number of anilines is 1. The summed E-state index contributed by atoms with van der Waals surface area (Å²) in [6, 6.07) is 14.6. The summed E-state index contributed by atoms with van der Waals surface area (Å²) in [5.74, 6) is -0.494. The van der Waals surface area contributed by atoms with Crippen LogP contribution in [0.4, 0.5) is 5.69 Å². The molecule has 0 aromatic heterocycles. The van der Waals surface area contributed by atoms with Gasteiger partial charge >= 0.3 is 0 Å². The summed E-state index contributed by atoms with van der Waals surface area (Å²) < 4.78 is 0. The Morgan fingerprint density at radius 3 is 2.65 bits per heavy atom. The Bertz CT molecular complexity index is 859. The summed E-state index contributed by atoms with van der Waals surface area (Å²) in [7, 11) is 0. The highest BCUT2D eigenvalue weighted by Gasteiger charge is 2.32. The SMILES string of the molecule is O=C(C[C@@H]1SC(=NCc2ccccc2)NC1=O)Nc1ccc(Cl)c(Cl)c1. The van der Waals surface area contributed by atoms with Crippen molar-refractivity contribution < 1.29 is 9.59 Å². The highest BCUT2D eigenvalue weighted by Crippen LogP contribution is 2.26. The molecule has 0 bridgehead atoms. The molecule has 8 heteroatoms. The number of nitrogens with one attached hydrogen (secondary N) is 2. The smallest absolute Gasteiger partial charge is 0.240 e. The number of carbonyl (C=O) groups is 2. The molecule has 3 rings (SSSR count). The maximum absolute atomic E-state index is 12.2. The van der Waals surface area contributed by atoms with Crippen LogP contribution in [-0.4, -0.2) is 22.2 Å². The number of halogens is 2. The highest BCUT2D eigenvalue weighted by atomic mass is 35.5. The molecule has 1 atom stereocenters. The Morgan fingerprint density at radius 2 is 1.92 bits per heavy atom. The van der Waals surface area contributed by atoms with Gasteiger partial charge in [-0.15, -0.1) is 0 Å². The Hall–Kier alpha value is -2.02. The molecule has 1 fully saturated rings. The zero-order valence-corrected chi connectivity index (χ0v) is 15.9. The van der Waals surface area contributed by atoms with Gasteiger partial charge in [-0.05, 0) is 23.8 Å². The number of benzene rings is 2. The lowest BCUT2D eigenvalue weighted by molar-refractivity contribution is -0.122. The topological polar surface area (TPSA) is 70.6 Å². The fourth-order valence-electron chi connectivity index (χ4n) is 2.32. The second-order valence-corrected chi connectivity index (χ2v) is 7.59. The first-order valence-corrected chi connectivity index (χ1v) is 9.45. The minimum absolute atomic E-state index is 0.0428. The van der Waals surface area contributed by atoms with Gasteiger partial charge in [0.05, 0.1) is 16.6 Å². The molecule has 26 heavy (non-hydrogen) atoms. The van der Waals surface area contributed by atoms with E-state index in [1.54, 1.807) is 18.2 Å². The van der Waals surface area contributed by atoms with E-state index in [0.717, 1.165) is 5.56 Å². The fourth-order valence-corrected chi connectivity index (χ4v) is 3.58. The summed E-state index contributed by atoms with van der Waals surface area (Å²) in [5.41, 5.74) is 1.58. The Balaban J connectivity index is 1.55. The molecule has 2 N–H and O–H groups in total. The number of amidine groups is 1. The summed E-state index contributed by atoms with van der Waals surface area (Å²) in [6.45, 7) is 0.478. The minimum Gasteiger partial charge on any atom is -0.326 e. The molecule has 1 heterocycles. The molecule has 1 aliphatic heterocycles. The van der Waals surface area contributed by atoms with Gasteiger partial charge in [0, 0.05) is 12.1 Å². The maximum atomic E-state index is 12.2. The molecule has 2 aromatic rings. The number of hydrogen-bond acceptors (Lipinski definition) is 4. The first kappa shape index (κ1) is 18.8. The average molecular weight is 408 g/mol. The van der Waals surface area contributed by atoms with Crippen LogP contribution < -0.4 is 10.6 Å². The van der Waals surface area contributed by atoms with Crippen molar-refractivity contribution in [3.63, 3.8) is 0 Å². The predicted octanol–water partition coefficient (Wildman–Crippen LogP) is 4.11. The standard InChI is InChI=1S/C18H15Cl2N3O2S/c19-13-7-6-12(8-14(13)20)22-16(24)9-15-17(25)23-18(26-15)21-10-11-4-2-1-3-5-11/h1-8,15H,9-10H2,(H,22,24)(H,21,23,25)/t15-/m0/s1. The normalized spacial score (nSPS) is 18.0. The molecule has 0 aliphatic carbocycles. The van der Waals surface area contributed by atoms with E-state index in [0.29, 0.717) is 27.4 Å². The average Bonchev–Trinajstić information content (AvgIpc) is 2.97. The van der Waals surface area contributed by atoms with Gasteiger partial charge in [0.2, 0.25) is 11.8 Å². The van der Waals surface area contributed by atoms with Crippen LogP contribution in [0.2, 0.25) is 10.0 Å². The molecule has 5 nitrogen and oxygen atoms in total. The number of thioether (sulfide) groups is 1. The van der Waals surface area contributed by atoms with Gasteiger partial charge in [0.15, 0.2) is 5.17 Å². The summed E-state index contributed by atoms with van der Waals surface area (Å²) in [6.07, 6.45) is 0.0428. The van der Waals surface area contributed by atoms with Crippen molar-refractivity contribution in [3.8, 4) is 0 Å². The summed E-state index contributed by atoms with van der Waals surface area (Å²) in [5, 5.41) is 6.22. The number of aliphatic imine (C=N–C) groups is 1. The molecule has 0 saturated carbocycles. The van der Waals surface area contributed by atoms with Crippen molar-refractivity contribution in [1.29, 1.82) is 0 Å². The van der Waals surface area contributed by atoms with E-state index >= 15 is 0 Å². The summed E-state index contributed by atoms with van der Waals surface area (Å²) in [4.78, 5) is 28.6. The zero-order valence-electron chi connectivity index (χ0n) is 13.5. The van der Waals surface area contributed by atoms with Crippen LogP contribution in [0, 0.1) is 0 Å². The zero-order chi connectivity index (χ0) is 18.5. The first-order valence-electron chi connectivity index (χ1n) is 7.82. The van der Waals surface area contributed by atoms with E-state index in [9.17, 15) is 9.59 Å². The van der Waals surface area contributed by atoms with Crippen LogP contribution in [0.15, 0.2) is 53.5 Å². The lowest BCUT2D eigenvalue weighted by atomic mass is 10.2. The fraction of sp³-hybridized carbons (Fsp3) is 0.167. The molecule has 1 aliphatic rings. The van der Waals surface area contributed by atoms with Crippen LogP contribution >= 0.6 is 35.0 Å². The van der Waals surface area contributed by atoms with Crippen LogP contribution in [-0.2, 0) is 16.1 Å². The second kappa shape index (κ2) is 8.58. The summed E-state index contributed by atoms with van der Waals surface area (Å²) >= 11 is 13.0. The van der Waals surface area contributed by atoms with Gasteiger partial charge in [0.25, 0.3) is 0 Å². The van der Waals surface area contributed by atoms with Gasteiger partial charge in [-0.2, -0.15) is 0 Å². The molecule has 2 amide bonds. The van der Waals surface area contributed by atoms with E-state index in [4.69, 9.17) is 23.2 Å². The van der Waals surface area contributed by atoms with E-state index in [1.165, 1.54) is 11.8 Å². The van der Waals surface area contributed by atoms with Crippen molar-refractivity contribution in [1.82, 2.24) is 5.32 Å². The number of rotatable bonds is 5. The third kappa shape index (κ3) is 5.00. The Labute approximate surface area is 165 Å². The number of nitrogens with zero attached hydrogens (tertiary/aromatic N) is 1. The van der Waals surface area contributed by atoms with Crippen LogP contribution in [0.25, 0.3) is 0 Å². The maximum Gasteiger partial charge on any atom is 0.240 e. The molecule has 1 saturated heterocycles. The van der Waals surface area contributed by atoms with Crippen molar-refractivity contribution in [2.45, 2.75) is 18.2 Å². The van der Waals surface area contributed by atoms with Crippen molar-refractivity contribution >= 4 is 57.6 Å². The molecule has 134 valence electrons. The van der Waals surface area contributed by atoms with Gasteiger partial charge < -0.3 is 10.6 Å². The lowest BCUT2D eigenvalue weighted by Gasteiger charge is -2.08. The van der Waals surface area contributed by atoms with Crippen molar-refractivity contribution in [3.05, 3.63) is 64.1 Å². The number of hydrogen-bond donors (Lipinski definition) is 2. The van der Waals surface area contributed by atoms with Crippen LogP contribution in [0.1, 0.15) is 12.0 Å². The third-order valence-electron chi connectivity index (χ3n) is 3.60. The van der Waals surface area contributed by atoms with E-state index in [1.807, 2.05) is 30.3 Å². The predicted molar refractivity (Wildman–Crippen MR) is 107 cm³/mol. The monoisotopic (exact) mass is 407 g/mol. The van der Waals surface area contributed by atoms with E-state index in [-0.39, 0.29) is 18.2 Å². The highest BCUT2D eigenvalue weighted by molar-refractivity contribution is 8.15. The number of amides is 2. The van der Waals surface area contributed by atoms with Gasteiger partial charge in [-0.1, -0.05) is 65.3 Å². The van der Waals surface area contributed by atoms with Gasteiger partial charge in [-0.25, -0.2) is 0 Å². The van der Waals surface area contributed by atoms with Crippen molar-refractivity contribution in [2.24, 2.45) is 4.99 Å². The quantitative estimate of drug-likeness (QED) is 0.782. The first-order chi connectivity index (χ1) is 12.5. The molecule has 0 radical (unpaired) electrons. The Kier molecular flexibility index (Phi) is 6.19. The molecule has 2 aromatic carbocycles. The minimum atomic E-state index is -0.507. The molecular formula is C18H15Cl2N3O2S. The second-order valence-electron chi connectivity index (χ2n) is 5.58. The van der Waals surface area contributed by atoms with Gasteiger partial charge in [-0.3, -0.25) is 14.6 Å². The van der Waals surface area contributed by atoms with Crippen LogP contribution in [0.5, 0.6) is 0 Å². The molecule has 0 unspecified atom stereocenters. The van der Waals surface area contributed by atoms with Gasteiger partial charge in [0.1, 0.15) is 5.25 Å². The van der Waals surface area contributed by atoms with Crippen LogP contribution in [0.3, 0.4) is 0 Å². The molecular weight excluding hydrogens is 393 g/mol. The molecule has 0 spiro atoms. The lowest BCUT2D eigenvalue weighted by Crippen LogP contribution is -2.28. The van der Waals surface area contributed by atoms with E-state index in [2.05, 4.69) is 15.6 Å².